The van der Waals surface area contributed by atoms with Crippen molar-refractivity contribution < 1.29 is 18.8 Å². The van der Waals surface area contributed by atoms with Crippen LogP contribution in [0.25, 0.3) is 10.2 Å². The number of carbonyl (C=O) groups is 2. The third-order valence-electron chi connectivity index (χ3n) is 7.81. The molecule has 1 aliphatic rings. The highest BCUT2D eigenvalue weighted by Crippen LogP contribution is 2.36. The molecule has 1 amide bonds. The number of esters is 1. The van der Waals surface area contributed by atoms with Crippen LogP contribution in [0, 0.1) is 11.8 Å². The smallest absolute Gasteiger partial charge is 0.358 e. The molecule has 218 valence electrons. The Bertz CT molecular complexity index is 1680. The lowest BCUT2D eigenvalue weighted by Gasteiger charge is -2.35. The van der Waals surface area contributed by atoms with Crippen LogP contribution in [0.5, 0.6) is 0 Å². The van der Waals surface area contributed by atoms with Gasteiger partial charge in [0.1, 0.15) is 4.88 Å². The van der Waals surface area contributed by atoms with E-state index < -0.39 is 14.3 Å². The van der Waals surface area contributed by atoms with Crippen molar-refractivity contribution in [1.29, 1.82) is 0 Å². The molecule has 8 nitrogen and oxygen atoms in total. The van der Waals surface area contributed by atoms with Crippen molar-refractivity contribution in [1.82, 2.24) is 9.97 Å². The number of hydrogen-bond donors (Lipinski definition) is 1. The molecule has 0 atom stereocenters. The summed E-state index contributed by atoms with van der Waals surface area (Å²) in [7, 11) is -0.600. The molecule has 1 aliphatic heterocycles. The third-order valence-corrected chi connectivity index (χ3v) is 14.3. The number of benzene rings is 2. The molecule has 3 heterocycles. The Morgan fingerprint density at radius 2 is 1.88 bits per heavy atom. The SMILES string of the molecule is COC(=O)c1nc(N2CCc3cccc(C(=O)Nc4nc5ccccc5s4)c3C2)sc1C#CCO[Si](C)(C)C(C)(C)C. The van der Waals surface area contributed by atoms with Gasteiger partial charge in [0.15, 0.2) is 24.3 Å². The first-order valence-electron chi connectivity index (χ1n) is 13.7. The zero-order chi connectivity index (χ0) is 30.1. The van der Waals surface area contributed by atoms with Crippen LogP contribution in [0.2, 0.25) is 18.1 Å². The number of amides is 1. The zero-order valence-electron chi connectivity index (χ0n) is 24.7. The van der Waals surface area contributed by atoms with Crippen LogP contribution < -0.4 is 10.2 Å². The molecule has 0 radical (unpaired) electrons. The van der Waals surface area contributed by atoms with Gasteiger partial charge in [0, 0.05) is 18.7 Å². The Morgan fingerprint density at radius 3 is 2.62 bits per heavy atom. The van der Waals surface area contributed by atoms with Gasteiger partial charge < -0.3 is 14.1 Å². The molecular formula is C31H34N4O4S2Si. The van der Waals surface area contributed by atoms with Gasteiger partial charge in [-0.15, -0.1) is 0 Å². The Hall–Kier alpha value is -3.56. The highest BCUT2D eigenvalue weighted by atomic mass is 32.1. The van der Waals surface area contributed by atoms with Gasteiger partial charge in [0.2, 0.25) is 0 Å². The first kappa shape index (κ1) is 29.9. The Balaban J connectivity index is 1.36. The molecule has 11 heteroatoms. The van der Waals surface area contributed by atoms with E-state index in [1.807, 2.05) is 36.4 Å². The van der Waals surface area contributed by atoms with Crippen molar-refractivity contribution in [3.63, 3.8) is 0 Å². The van der Waals surface area contributed by atoms with E-state index in [9.17, 15) is 9.59 Å². The first-order chi connectivity index (χ1) is 20.0. The van der Waals surface area contributed by atoms with E-state index in [0.29, 0.717) is 33.8 Å². The molecule has 42 heavy (non-hydrogen) atoms. The molecular weight excluding hydrogens is 585 g/mol. The number of anilines is 2. The molecule has 5 rings (SSSR count). The number of nitrogens with zero attached hydrogens (tertiary/aromatic N) is 3. The quantitative estimate of drug-likeness (QED) is 0.146. The topological polar surface area (TPSA) is 93.7 Å². The van der Waals surface area contributed by atoms with Gasteiger partial charge >= 0.3 is 5.97 Å². The number of hydrogen-bond acceptors (Lipinski definition) is 9. The Labute approximate surface area is 255 Å². The standard InChI is InChI=1S/C31H34N4O4S2Si/c1-31(2,3)42(5,6)39-18-10-15-25-26(28(37)38-4)33-30(41-25)35-17-16-20-11-9-12-21(22(20)19-35)27(36)34-29-32-23-13-7-8-14-24(23)40-29/h7-9,11-14H,16-19H2,1-6H3,(H,32,34,36). The van der Waals surface area contributed by atoms with Crippen LogP contribution in [0.4, 0.5) is 10.3 Å². The second-order valence-electron chi connectivity index (χ2n) is 11.6. The summed E-state index contributed by atoms with van der Waals surface area (Å²) in [5.74, 6) is 5.47. The van der Waals surface area contributed by atoms with Gasteiger partial charge in [-0.2, -0.15) is 0 Å². The molecule has 4 aromatic rings. The van der Waals surface area contributed by atoms with Crippen molar-refractivity contribution in [3.8, 4) is 11.8 Å². The van der Waals surface area contributed by atoms with Crippen LogP contribution >= 0.6 is 22.7 Å². The zero-order valence-corrected chi connectivity index (χ0v) is 27.3. The van der Waals surface area contributed by atoms with E-state index in [0.717, 1.165) is 27.8 Å². The lowest BCUT2D eigenvalue weighted by molar-refractivity contribution is 0.0594. The van der Waals surface area contributed by atoms with Crippen molar-refractivity contribution >= 4 is 63.3 Å². The summed E-state index contributed by atoms with van der Waals surface area (Å²) >= 11 is 2.80. The summed E-state index contributed by atoms with van der Waals surface area (Å²) in [6.45, 7) is 12.4. The summed E-state index contributed by atoms with van der Waals surface area (Å²) in [5, 5.41) is 4.30. The van der Waals surface area contributed by atoms with Crippen molar-refractivity contribution in [2.75, 3.05) is 30.5 Å². The number of carbonyl (C=O) groups excluding carboxylic acids is 2. The summed E-state index contributed by atoms with van der Waals surface area (Å²) in [5.41, 5.74) is 3.71. The fourth-order valence-electron chi connectivity index (χ4n) is 4.36. The minimum atomic E-state index is -1.94. The van der Waals surface area contributed by atoms with Crippen LogP contribution in [0.1, 0.15) is 57.6 Å². The molecule has 0 aliphatic carbocycles. The number of methoxy groups -OCH3 is 1. The van der Waals surface area contributed by atoms with Gasteiger partial charge in [-0.3, -0.25) is 10.1 Å². The van der Waals surface area contributed by atoms with Crippen molar-refractivity contribution in [2.24, 2.45) is 0 Å². The van der Waals surface area contributed by atoms with Crippen molar-refractivity contribution in [3.05, 3.63) is 69.7 Å². The number of nitrogens with one attached hydrogen (secondary N) is 1. The lowest BCUT2D eigenvalue weighted by atomic mass is 9.94. The van der Waals surface area contributed by atoms with Gasteiger partial charge in [-0.25, -0.2) is 14.8 Å². The number of aromatic nitrogens is 2. The average molecular weight is 619 g/mol. The fourth-order valence-corrected chi connectivity index (χ4v) is 7.04. The van der Waals surface area contributed by atoms with E-state index >= 15 is 0 Å². The van der Waals surface area contributed by atoms with E-state index in [1.165, 1.54) is 29.8 Å². The number of thiazole rings is 2. The largest absolute Gasteiger partial charge is 0.464 e. The average Bonchev–Trinajstić information content (AvgIpc) is 3.57. The Kier molecular flexibility index (Phi) is 8.53. The minimum absolute atomic E-state index is 0.0816. The predicted molar refractivity (Wildman–Crippen MR) is 172 cm³/mol. The maximum Gasteiger partial charge on any atom is 0.358 e. The maximum atomic E-state index is 13.4. The van der Waals surface area contributed by atoms with E-state index in [2.05, 4.69) is 72.0 Å². The fraction of sp³-hybridized carbons (Fsp3) is 0.355. The Morgan fingerprint density at radius 1 is 1.10 bits per heavy atom. The molecule has 1 N–H and O–H groups in total. The van der Waals surface area contributed by atoms with Crippen LogP contribution in [-0.4, -0.2) is 50.4 Å². The monoisotopic (exact) mass is 618 g/mol. The number of rotatable bonds is 6. The summed E-state index contributed by atoms with van der Waals surface area (Å²) in [6.07, 6.45) is 0.742. The van der Waals surface area contributed by atoms with Crippen LogP contribution in [0.3, 0.4) is 0 Å². The first-order valence-corrected chi connectivity index (χ1v) is 18.3. The number of fused-ring (bicyclic) bond motifs is 2. The second-order valence-corrected chi connectivity index (χ2v) is 18.4. The van der Waals surface area contributed by atoms with Gasteiger partial charge in [0.25, 0.3) is 5.91 Å². The molecule has 0 saturated carbocycles. The highest BCUT2D eigenvalue weighted by Gasteiger charge is 2.36. The maximum absolute atomic E-state index is 13.4. The third kappa shape index (κ3) is 6.27. The molecule has 0 bridgehead atoms. The second kappa shape index (κ2) is 12.0. The van der Waals surface area contributed by atoms with Gasteiger partial charge in [0.05, 0.1) is 23.9 Å². The summed E-state index contributed by atoms with van der Waals surface area (Å²) < 4.78 is 12.2. The van der Waals surface area contributed by atoms with Crippen molar-refractivity contribution in [2.45, 2.75) is 51.9 Å². The van der Waals surface area contributed by atoms with Gasteiger partial charge in [-0.05, 0) is 53.9 Å². The van der Waals surface area contributed by atoms with Gasteiger partial charge in [-0.1, -0.05) is 79.6 Å². The van der Waals surface area contributed by atoms with E-state index in [4.69, 9.17) is 9.16 Å². The lowest BCUT2D eigenvalue weighted by Crippen LogP contribution is -2.40. The van der Waals surface area contributed by atoms with E-state index in [-0.39, 0.29) is 23.2 Å². The molecule has 0 spiro atoms. The molecule has 0 saturated heterocycles. The minimum Gasteiger partial charge on any atom is -0.464 e. The summed E-state index contributed by atoms with van der Waals surface area (Å²) in [6, 6.07) is 13.6. The highest BCUT2D eigenvalue weighted by molar-refractivity contribution is 7.22. The normalized spacial score (nSPS) is 13.3. The molecule has 2 aromatic heterocycles. The molecule has 2 aromatic carbocycles. The summed E-state index contributed by atoms with van der Waals surface area (Å²) in [4.78, 5) is 37.8. The molecule has 0 fully saturated rings. The van der Waals surface area contributed by atoms with E-state index in [1.54, 1.807) is 0 Å². The predicted octanol–water partition coefficient (Wildman–Crippen LogP) is 6.73. The molecule has 0 unspecified atom stereocenters. The van der Waals surface area contributed by atoms with Crippen LogP contribution in [0.15, 0.2) is 42.5 Å². The number of para-hydroxylation sites is 1. The van der Waals surface area contributed by atoms with Crippen LogP contribution in [-0.2, 0) is 22.1 Å². The number of ether oxygens (including phenoxy) is 1.